The van der Waals surface area contributed by atoms with Gasteiger partial charge in [-0.1, -0.05) is 12.1 Å². The van der Waals surface area contributed by atoms with Crippen molar-refractivity contribution in [3.63, 3.8) is 0 Å². The highest BCUT2D eigenvalue weighted by Crippen LogP contribution is 2.28. The molecule has 0 bridgehead atoms. The van der Waals surface area contributed by atoms with E-state index in [0.717, 1.165) is 0 Å². The second-order valence-corrected chi connectivity index (χ2v) is 19.5. The van der Waals surface area contributed by atoms with Gasteiger partial charge < -0.3 is 78.1 Å². The Morgan fingerprint density at radius 1 is 0.627 bits per heavy atom. The molecule has 4 fully saturated rings. The lowest BCUT2D eigenvalue weighted by Crippen LogP contribution is -2.59. The van der Waals surface area contributed by atoms with Gasteiger partial charge in [0.1, 0.15) is 54.1 Å². The molecule has 4 aliphatic heterocycles. The van der Waals surface area contributed by atoms with Crippen LogP contribution in [0.4, 0.5) is 0 Å². The lowest BCUT2D eigenvalue weighted by molar-refractivity contribution is -0.152. The first-order chi connectivity index (χ1) is 35.8. The largest absolute Gasteiger partial charge is 0.508 e. The van der Waals surface area contributed by atoms with Crippen molar-refractivity contribution in [1.29, 1.82) is 0 Å². The third-order valence-corrected chi connectivity index (χ3v) is 14.3. The maximum Gasteiger partial charge on any atom is 0.326 e. The van der Waals surface area contributed by atoms with Gasteiger partial charge >= 0.3 is 11.9 Å². The highest BCUT2D eigenvalue weighted by atomic mass is 32.1. The number of unbranched alkanes of at least 4 members (excludes halogenated alkanes) is 1. The Hall–Kier alpha value is -6.58. The SMILES string of the molecule is NCCCC[C@H](NC(=O)[C@H](CO)NC(=O)[C@@H](N)CCC(=O)O)C(=O)N[C@@H](Cc1ccc(O)cc1)C(=O)NCC(=O)N1CCC[C@H]1C(=O)N1CCC[C@H]1C(=O)N[C@@H](CS)C(=O)N1CCC[C@H]1C(=O)N1CCC[C@H]1C(=O)O. The number of rotatable bonds is 26. The van der Waals surface area contributed by atoms with Gasteiger partial charge in [0.15, 0.2) is 0 Å². The number of hydrogen-bond acceptors (Lipinski definition) is 16. The molecule has 0 radical (unpaired) electrons. The lowest BCUT2D eigenvalue weighted by Gasteiger charge is -2.33. The summed E-state index contributed by atoms with van der Waals surface area (Å²) in [5.74, 6) is -8.89. The first kappa shape index (κ1) is 59.3. The molecule has 0 spiro atoms. The Morgan fingerprint density at radius 3 is 1.75 bits per heavy atom. The van der Waals surface area contributed by atoms with Gasteiger partial charge in [-0.05, 0) is 101 Å². The summed E-state index contributed by atoms with van der Waals surface area (Å²) in [6, 6.07) is -4.95. The van der Waals surface area contributed by atoms with Crippen LogP contribution in [0.25, 0.3) is 0 Å². The third-order valence-electron chi connectivity index (χ3n) is 14.0. The number of likely N-dealkylation sites (tertiary alicyclic amines) is 4. The molecular weight excluding hydrogens is 1000 g/mol. The quantitative estimate of drug-likeness (QED) is 0.0314. The molecule has 0 aromatic heterocycles. The predicted molar refractivity (Wildman–Crippen MR) is 268 cm³/mol. The molecule has 27 heteroatoms. The van der Waals surface area contributed by atoms with E-state index in [9.17, 15) is 68.1 Å². The number of carboxylic acid groups (broad SMARTS) is 2. The van der Waals surface area contributed by atoms with E-state index in [1.807, 2.05) is 0 Å². The zero-order valence-electron chi connectivity index (χ0n) is 41.7. The van der Waals surface area contributed by atoms with Gasteiger partial charge in [0.25, 0.3) is 0 Å². The smallest absolute Gasteiger partial charge is 0.326 e. The van der Waals surface area contributed by atoms with Crippen LogP contribution in [0.5, 0.6) is 5.75 Å². The molecule has 0 saturated carbocycles. The summed E-state index contributed by atoms with van der Waals surface area (Å²) in [6.45, 7) is -0.481. The fraction of sp³-hybridized carbons (Fsp3) is 0.646. The van der Waals surface area contributed by atoms with Crippen molar-refractivity contribution < 1.29 is 73.2 Å². The summed E-state index contributed by atoms with van der Waals surface area (Å²) in [7, 11) is 0. The molecule has 13 N–H and O–H groups in total. The van der Waals surface area contributed by atoms with Crippen LogP contribution in [-0.4, -0.2) is 211 Å². The van der Waals surface area contributed by atoms with Crippen LogP contribution in [-0.2, 0) is 59.2 Å². The standard InChI is InChI=1S/C48H71N11O15S/c49-18-2-1-7-30(52-43(68)32(25-60)54-40(65)29(50)16-17-39(63)64)42(67)53-31(23-27-12-14-28(61)15-13-27)41(66)51-24-38(62)56-19-4-9-35(56)46(71)57-20-3-8-34(57)44(69)55-33(26-75)45(70)58-21-5-10-36(58)47(72)59-22-6-11-37(59)48(73)74/h12-15,29-37,60-61,75H,1-11,16-26,49-50H2,(H,51,66)(H,52,68)(H,53,67)(H,54,65)(H,55,69)(H,63,64)(H,73,74)/t29-,30-,31-,32-,33-,34-,35-,36-,37-/m0/s1. The molecule has 1 aromatic rings. The summed E-state index contributed by atoms with van der Waals surface area (Å²) in [6.07, 6.45) is 2.94. The normalized spacial score (nSPS) is 21.3. The Kier molecular flexibility index (Phi) is 22.4. The second kappa shape index (κ2) is 28.4. The molecule has 5 rings (SSSR count). The van der Waals surface area contributed by atoms with Crippen molar-refractivity contribution in [2.24, 2.45) is 11.5 Å². The van der Waals surface area contributed by atoms with E-state index in [-0.39, 0.29) is 76.3 Å². The lowest BCUT2D eigenvalue weighted by atomic mass is 10.0. The molecule has 9 amide bonds. The second-order valence-electron chi connectivity index (χ2n) is 19.2. The fourth-order valence-electron chi connectivity index (χ4n) is 9.89. The van der Waals surface area contributed by atoms with Crippen molar-refractivity contribution >= 4 is 77.7 Å². The molecule has 414 valence electrons. The summed E-state index contributed by atoms with van der Waals surface area (Å²) in [4.78, 5) is 151. The average molecular weight is 1070 g/mol. The van der Waals surface area contributed by atoms with E-state index in [2.05, 4.69) is 39.2 Å². The number of aromatic hydroxyl groups is 1. The van der Waals surface area contributed by atoms with Gasteiger partial charge in [-0.25, -0.2) is 4.79 Å². The molecule has 1 aromatic carbocycles. The Bertz CT molecular complexity index is 2260. The molecule has 0 aliphatic carbocycles. The Labute approximate surface area is 438 Å². The van der Waals surface area contributed by atoms with Crippen LogP contribution in [0.1, 0.15) is 89.0 Å². The minimum Gasteiger partial charge on any atom is -0.508 e. The van der Waals surface area contributed by atoms with Gasteiger partial charge in [0.2, 0.25) is 53.2 Å². The zero-order valence-corrected chi connectivity index (χ0v) is 42.6. The molecule has 4 heterocycles. The Morgan fingerprint density at radius 2 is 1.16 bits per heavy atom. The summed E-state index contributed by atoms with van der Waals surface area (Å²) >= 11 is 4.33. The first-order valence-electron chi connectivity index (χ1n) is 25.4. The average Bonchev–Trinajstić information content (AvgIpc) is 4.25. The minimum absolute atomic E-state index is 0.000874. The van der Waals surface area contributed by atoms with Crippen molar-refractivity contribution in [2.75, 3.05) is 51.6 Å². The molecule has 4 saturated heterocycles. The van der Waals surface area contributed by atoms with Crippen LogP contribution in [0.15, 0.2) is 24.3 Å². The molecule has 75 heavy (non-hydrogen) atoms. The number of phenols is 1. The van der Waals surface area contributed by atoms with Crippen molar-refractivity contribution in [3.05, 3.63) is 29.8 Å². The minimum atomic E-state index is -1.60. The number of nitrogens with zero attached hydrogens (tertiary/aromatic N) is 4. The van der Waals surface area contributed by atoms with Gasteiger partial charge in [0.05, 0.1) is 19.2 Å². The predicted octanol–water partition coefficient (Wildman–Crippen LogP) is -3.72. The number of thiol groups is 1. The number of aliphatic carboxylic acids is 2. The first-order valence-corrected chi connectivity index (χ1v) is 26.0. The van der Waals surface area contributed by atoms with E-state index in [1.165, 1.54) is 43.9 Å². The molecule has 9 atom stereocenters. The topological polar surface area (TPSA) is 394 Å². The number of carboxylic acids is 2. The number of aliphatic hydroxyl groups is 1. The summed E-state index contributed by atoms with van der Waals surface area (Å²) in [5.41, 5.74) is 11.9. The van der Waals surface area contributed by atoms with E-state index in [4.69, 9.17) is 16.6 Å². The highest BCUT2D eigenvalue weighted by molar-refractivity contribution is 7.80. The molecule has 4 aliphatic rings. The van der Waals surface area contributed by atoms with Crippen molar-refractivity contribution in [3.8, 4) is 5.75 Å². The Balaban J connectivity index is 1.22. The number of carbonyl (C=O) groups is 11. The monoisotopic (exact) mass is 1070 g/mol. The van der Waals surface area contributed by atoms with E-state index in [0.29, 0.717) is 56.9 Å². The third kappa shape index (κ3) is 16.0. The molecular formula is C48H71N11O15S. The maximum atomic E-state index is 14.2. The van der Waals surface area contributed by atoms with Crippen LogP contribution >= 0.6 is 12.6 Å². The maximum absolute atomic E-state index is 14.2. The number of carbonyl (C=O) groups excluding carboxylic acids is 9. The fourth-order valence-corrected chi connectivity index (χ4v) is 10.1. The van der Waals surface area contributed by atoms with Crippen LogP contribution in [0.3, 0.4) is 0 Å². The van der Waals surface area contributed by atoms with E-state index in [1.54, 1.807) is 0 Å². The molecule has 26 nitrogen and oxygen atoms in total. The number of aliphatic hydroxyl groups excluding tert-OH is 1. The van der Waals surface area contributed by atoms with Crippen molar-refractivity contribution in [1.82, 2.24) is 46.2 Å². The number of nitrogens with one attached hydrogen (secondary N) is 5. The van der Waals surface area contributed by atoms with Gasteiger partial charge in [-0.15, -0.1) is 0 Å². The van der Waals surface area contributed by atoms with Crippen LogP contribution in [0.2, 0.25) is 0 Å². The van der Waals surface area contributed by atoms with E-state index < -0.39 is 139 Å². The zero-order chi connectivity index (χ0) is 54.9. The van der Waals surface area contributed by atoms with Gasteiger partial charge in [-0.3, -0.25) is 47.9 Å². The number of nitrogens with two attached hydrogens (primary N) is 2. The summed E-state index contributed by atoms with van der Waals surface area (Å²) in [5, 5.41) is 51.1. The van der Waals surface area contributed by atoms with E-state index >= 15 is 0 Å². The van der Waals surface area contributed by atoms with Crippen LogP contribution in [0, 0.1) is 0 Å². The highest BCUT2D eigenvalue weighted by Gasteiger charge is 2.46. The number of benzene rings is 1. The summed E-state index contributed by atoms with van der Waals surface area (Å²) < 4.78 is 0. The number of hydrogen-bond donors (Lipinski definition) is 12. The van der Waals surface area contributed by atoms with Gasteiger partial charge in [0, 0.05) is 44.8 Å². The van der Waals surface area contributed by atoms with Crippen molar-refractivity contribution in [2.45, 2.75) is 144 Å². The van der Waals surface area contributed by atoms with Gasteiger partial charge in [-0.2, -0.15) is 12.6 Å². The van der Waals surface area contributed by atoms with Crippen LogP contribution < -0.4 is 38.1 Å². The number of amides is 9. The molecule has 0 unspecified atom stereocenters. The number of phenolic OH excluding ortho intramolecular Hbond substituents is 1.